The van der Waals surface area contributed by atoms with E-state index in [4.69, 9.17) is 9.84 Å². The first-order chi connectivity index (χ1) is 9.65. The molecule has 6 nitrogen and oxygen atoms in total. The van der Waals surface area contributed by atoms with Gasteiger partial charge in [-0.1, -0.05) is 0 Å². The number of aliphatic hydroxyl groups is 1. The molecule has 0 unspecified atom stereocenters. The van der Waals surface area contributed by atoms with Crippen molar-refractivity contribution in [3.63, 3.8) is 0 Å². The summed E-state index contributed by atoms with van der Waals surface area (Å²) < 4.78 is 4.71. The second-order valence-corrected chi connectivity index (χ2v) is 4.29. The fourth-order valence-electron chi connectivity index (χ4n) is 1.59. The molecule has 0 saturated carbocycles. The lowest BCUT2D eigenvalue weighted by Gasteiger charge is -2.07. The summed E-state index contributed by atoms with van der Waals surface area (Å²) in [6.45, 7) is 0.104. The van der Waals surface area contributed by atoms with Gasteiger partial charge in [-0.2, -0.15) is 0 Å². The van der Waals surface area contributed by atoms with E-state index in [1.807, 2.05) is 0 Å². The van der Waals surface area contributed by atoms with Gasteiger partial charge in [0.2, 0.25) is 11.8 Å². The summed E-state index contributed by atoms with van der Waals surface area (Å²) in [5, 5.41) is 14.0. The summed E-state index contributed by atoms with van der Waals surface area (Å²) in [7, 11) is 1.45. The predicted molar refractivity (Wildman–Crippen MR) is 76.5 cm³/mol. The summed E-state index contributed by atoms with van der Waals surface area (Å²) in [5.41, 5.74) is 1.31. The zero-order valence-corrected chi connectivity index (χ0v) is 11.5. The van der Waals surface area contributed by atoms with Gasteiger partial charge in [-0.3, -0.25) is 9.59 Å². The fraction of sp³-hybridized carbons (Fsp3) is 0.429. The second-order valence-electron chi connectivity index (χ2n) is 4.29. The predicted octanol–water partition coefficient (Wildman–Crippen LogP) is 1.37. The van der Waals surface area contributed by atoms with Gasteiger partial charge in [-0.25, -0.2) is 0 Å². The number of benzene rings is 1. The van der Waals surface area contributed by atoms with Gasteiger partial charge in [0, 0.05) is 31.5 Å². The summed E-state index contributed by atoms with van der Waals surface area (Å²) in [4.78, 5) is 22.9. The van der Waals surface area contributed by atoms with Crippen LogP contribution in [-0.2, 0) is 14.3 Å². The van der Waals surface area contributed by atoms with E-state index in [1.165, 1.54) is 7.11 Å². The van der Waals surface area contributed by atoms with Crippen LogP contribution >= 0.6 is 0 Å². The number of anilines is 2. The highest BCUT2D eigenvalue weighted by Crippen LogP contribution is 2.14. The number of hydrogen-bond acceptors (Lipinski definition) is 4. The Kier molecular flexibility index (Phi) is 7.31. The molecule has 3 N–H and O–H groups in total. The minimum Gasteiger partial charge on any atom is -0.396 e. The van der Waals surface area contributed by atoms with Crippen molar-refractivity contribution in [1.82, 2.24) is 0 Å². The molecule has 0 spiro atoms. The summed E-state index contributed by atoms with van der Waals surface area (Å²) >= 11 is 0. The van der Waals surface area contributed by atoms with Gasteiger partial charge in [0.05, 0.1) is 0 Å². The van der Waals surface area contributed by atoms with Crippen LogP contribution in [0.2, 0.25) is 0 Å². The number of ether oxygens (including phenoxy) is 1. The van der Waals surface area contributed by atoms with Gasteiger partial charge in [0.1, 0.15) is 6.61 Å². The first kappa shape index (κ1) is 16.1. The number of rotatable bonds is 8. The largest absolute Gasteiger partial charge is 0.396 e. The lowest BCUT2D eigenvalue weighted by atomic mass is 10.2. The van der Waals surface area contributed by atoms with Crippen molar-refractivity contribution in [1.29, 1.82) is 0 Å². The SMILES string of the molecule is COCC(=O)Nc1ccc(NC(=O)CCCCO)cc1. The van der Waals surface area contributed by atoms with E-state index in [1.54, 1.807) is 24.3 Å². The number of carbonyl (C=O) groups excluding carboxylic acids is 2. The standard InChI is InChI=1S/C14H20N2O4/c1-20-10-14(19)16-12-7-5-11(6-8-12)15-13(18)4-2-3-9-17/h5-8,17H,2-4,9-10H2,1H3,(H,15,18)(H,16,19). The number of unbranched alkanes of at least 4 members (excludes halogenated alkanes) is 1. The third-order valence-electron chi connectivity index (χ3n) is 2.54. The quantitative estimate of drug-likeness (QED) is 0.628. The van der Waals surface area contributed by atoms with Crippen molar-refractivity contribution in [2.75, 3.05) is 31.0 Å². The van der Waals surface area contributed by atoms with Crippen LogP contribution in [0, 0.1) is 0 Å². The maximum atomic E-state index is 11.6. The highest BCUT2D eigenvalue weighted by molar-refractivity contribution is 5.93. The van der Waals surface area contributed by atoms with Crippen molar-refractivity contribution >= 4 is 23.2 Å². The monoisotopic (exact) mass is 280 g/mol. The summed E-state index contributed by atoms with van der Waals surface area (Å²) in [6, 6.07) is 6.84. The molecule has 1 aromatic rings. The molecule has 0 atom stereocenters. The Morgan fingerprint density at radius 3 is 2.10 bits per heavy atom. The molecule has 0 fully saturated rings. The fourth-order valence-corrected chi connectivity index (χ4v) is 1.59. The number of amides is 2. The molecule has 0 bridgehead atoms. The molecule has 6 heteroatoms. The van der Waals surface area contributed by atoms with E-state index in [2.05, 4.69) is 10.6 Å². The van der Waals surface area contributed by atoms with Gasteiger partial charge in [-0.15, -0.1) is 0 Å². The average Bonchev–Trinajstić information content (AvgIpc) is 2.41. The number of nitrogens with one attached hydrogen (secondary N) is 2. The number of methoxy groups -OCH3 is 1. The Balaban J connectivity index is 2.42. The average molecular weight is 280 g/mol. The highest BCUT2D eigenvalue weighted by atomic mass is 16.5. The molecule has 0 aliphatic heterocycles. The Morgan fingerprint density at radius 1 is 1.05 bits per heavy atom. The number of hydrogen-bond donors (Lipinski definition) is 3. The molecule has 1 rings (SSSR count). The van der Waals surface area contributed by atoms with E-state index >= 15 is 0 Å². The molecular weight excluding hydrogens is 260 g/mol. The lowest BCUT2D eigenvalue weighted by Crippen LogP contribution is -2.17. The smallest absolute Gasteiger partial charge is 0.250 e. The van der Waals surface area contributed by atoms with Crippen molar-refractivity contribution < 1.29 is 19.4 Å². The maximum absolute atomic E-state index is 11.6. The Hall–Kier alpha value is -1.92. The van der Waals surface area contributed by atoms with Crippen molar-refractivity contribution in [3.8, 4) is 0 Å². The Labute approximate surface area is 118 Å². The van der Waals surface area contributed by atoms with Crippen molar-refractivity contribution in [2.24, 2.45) is 0 Å². The molecular formula is C14H20N2O4. The first-order valence-electron chi connectivity index (χ1n) is 6.45. The van der Waals surface area contributed by atoms with Crippen molar-refractivity contribution in [2.45, 2.75) is 19.3 Å². The topological polar surface area (TPSA) is 87.7 Å². The molecule has 0 aliphatic carbocycles. The molecule has 0 aliphatic rings. The second kappa shape index (κ2) is 9.06. The number of carbonyl (C=O) groups is 2. The molecule has 0 heterocycles. The van der Waals surface area contributed by atoms with E-state index in [-0.39, 0.29) is 25.0 Å². The Bertz CT molecular complexity index is 431. The van der Waals surface area contributed by atoms with Crippen LogP contribution in [0.3, 0.4) is 0 Å². The minimum atomic E-state index is -0.228. The van der Waals surface area contributed by atoms with E-state index in [0.29, 0.717) is 30.6 Å². The zero-order valence-electron chi connectivity index (χ0n) is 11.5. The molecule has 1 aromatic carbocycles. The van der Waals surface area contributed by atoms with Crippen LogP contribution in [-0.4, -0.2) is 37.2 Å². The number of aliphatic hydroxyl groups excluding tert-OH is 1. The highest BCUT2D eigenvalue weighted by Gasteiger charge is 2.04. The molecule has 2 amide bonds. The molecule has 0 saturated heterocycles. The van der Waals surface area contributed by atoms with E-state index < -0.39 is 0 Å². The van der Waals surface area contributed by atoms with Gasteiger partial charge < -0.3 is 20.5 Å². The van der Waals surface area contributed by atoms with E-state index in [0.717, 1.165) is 0 Å². The lowest BCUT2D eigenvalue weighted by molar-refractivity contribution is -0.119. The molecule has 0 radical (unpaired) electrons. The summed E-state index contributed by atoms with van der Waals surface area (Å²) in [5.74, 6) is -0.317. The normalized spacial score (nSPS) is 10.1. The van der Waals surface area contributed by atoms with Crippen LogP contribution < -0.4 is 10.6 Å². The Morgan fingerprint density at radius 2 is 1.60 bits per heavy atom. The third-order valence-corrected chi connectivity index (χ3v) is 2.54. The van der Waals surface area contributed by atoms with Crippen LogP contribution in [0.1, 0.15) is 19.3 Å². The molecule has 110 valence electrons. The molecule has 20 heavy (non-hydrogen) atoms. The maximum Gasteiger partial charge on any atom is 0.250 e. The third kappa shape index (κ3) is 6.31. The first-order valence-corrected chi connectivity index (χ1v) is 6.45. The van der Waals surface area contributed by atoms with Gasteiger partial charge in [0.25, 0.3) is 0 Å². The summed E-state index contributed by atoms with van der Waals surface area (Å²) in [6.07, 6.45) is 1.66. The van der Waals surface area contributed by atoms with Gasteiger partial charge in [-0.05, 0) is 37.1 Å². The van der Waals surface area contributed by atoms with Crippen molar-refractivity contribution in [3.05, 3.63) is 24.3 Å². The zero-order chi connectivity index (χ0) is 14.8. The minimum absolute atomic E-state index is 0.00332. The van der Waals surface area contributed by atoms with Crippen LogP contribution in [0.15, 0.2) is 24.3 Å². The van der Waals surface area contributed by atoms with E-state index in [9.17, 15) is 9.59 Å². The van der Waals surface area contributed by atoms with Crippen LogP contribution in [0.25, 0.3) is 0 Å². The van der Waals surface area contributed by atoms with Crippen LogP contribution in [0.5, 0.6) is 0 Å². The van der Waals surface area contributed by atoms with Crippen LogP contribution in [0.4, 0.5) is 11.4 Å². The van der Waals surface area contributed by atoms with Gasteiger partial charge >= 0.3 is 0 Å². The molecule has 0 aromatic heterocycles. The van der Waals surface area contributed by atoms with Gasteiger partial charge in [0.15, 0.2) is 0 Å².